The highest BCUT2D eigenvalue weighted by molar-refractivity contribution is 5.71. The summed E-state index contributed by atoms with van der Waals surface area (Å²) >= 11 is 0. The third-order valence-corrected chi connectivity index (χ3v) is 11.5. The molecule has 0 heterocycles. The summed E-state index contributed by atoms with van der Waals surface area (Å²) in [6.45, 7) is 11.3. The van der Waals surface area contributed by atoms with Crippen molar-refractivity contribution in [2.24, 2.45) is 11.8 Å². The maximum absolute atomic E-state index is 12.7. The standard InChI is InChI=1S/C51H98O6/c1-6-7-8-9-10-11-12-13-14-15-16-17-18-19-22-25-31-36-41-49(52)55-44-48(45-56-50(53)42-37-32-28-27-30-35-40-47(4)5)57-51(54)43-38-33-26-23-20-21-24-29-34-39-46(2)3/h46-48H,6-45H2,1-5H3/t48-/m0/s1. The lowest BCUT2D eigenvalue weighted by molar-refractivity contribution is -0.167. The first-order valence-corrected chi connectivity index (χ1v) is 25.2. The van der Waals surface area contributed by atoms with Crippen LogP contribution >= 0.6 is 0 Å². The lowest BCUT2D eigenvalue weighted by Crippen LogP contribution is -2.30. The Morgan fingerprint density at radius 3 is 0.860 bits per heavy atom. The summed E-state index contributed by atoms with van der Waals surface area (Å²) in [7, 11) is 0. The molecule has 0 fully saturated rings. The van der Waals surface area contributed by atoms with Gasteiger partial charge in [-0.2, -0.15) is 0 Å². The lowest BCUT2D eigenvalue weighted by atomic mass is 10.0. The Balaban J connectivity index is 4.24. The van der Waals surface area contributed by atoms with Crippen LogP contribution in [0.5, 0.6) is 0 Å². The van der Waals surface area contributed by atoms with Crippen LogP contribution in [0, 0.1) is 11.8 Å². The molecular formula is C51H98O6. The van der Waals surface area contributed by atoms with Crippen LogP contribution in [-0.2, 0) is 28.6 Å². The van der Waals surface area contributed by atoms with Gasteiger partial charge in [0.15, 0.2) is 6.10 Å². The van der Waals surface area contributed by atoms with Crippen molar-refractivity contribution < 1.29 is 28.6 Å². The minimum absolute atomic E-state index is 0.0650. The highest BCUT2D eigenvalue weighted by Crippen LogP contribution is 2.17. The van der Waals surface area contributed by atoms with Crippen molar-refractivity contribution in [3.05, 3.63) is 0 Å². The Morgan fingerprint density at radius 2 is 0.579 bits per heavy atom. The third kappa shape index (κ3) is 45.3. The molecule has 0 amide bonds. The van der Waals surface area contributed by atoms with Crippen LogP contribution in [0.4, 0.5) is 0 Å². The summed E-state index contributed by atoms with van der Waals surface area (Å²) in [6, 6.07) is 0. The van der Waals surface area contributed by atoms with Crippen molar-refractivity contribution in [2.45, 2.75) is 285 Å². The van der Waals surface area contributed by atoms with Gasteiger partial charge in [-0.3, -0.25) is 14.4 Å². The fourth-order valence-corrected chi connectivity index (χ4v) is 7.64. The molecule has 0 aliphatic rings. The number of esters is 3. The second-order valence-corrected chi connectivity index (χ2v) is 18.4. The van der Waals surface area contributed by atoms with Crippen LogP contribution in [0.2, 0.25) is 0 Å². The third-order valence-electron chi connectivity index (χ3n) is 11.5. The number of hydrogen-bond donors (Lipinski definition) is 0. The fourth-order valence-electron chi connectivity index (χ4n) is 7.64. The van der Waals surface area contributed by atoms with Gasteiger partial charge in [0.05, 0.1) is 0 Å². The monoisotopic (exact) mass is 807 g/mol. The Bertz CT molecular complexity index is 870. The fraction of sp³-hybridized carbons (Fsp3) is 0.941. The van der Waals surface area contributed by atoms with Crippen molar-refractivity contribution >= 4 is 17.9 Å². The van der Waals surface area contributed by atoms with Crippen molar-refractivity contribution in [2.75, 3.05) is 13.2 Å². The highest BCUT2D eigenvalue weighted by Gasteiger charge is 2.19. The number of carbonyl (C=O) groups is 3. The lowest BCUT2D eigenvalue weighted by Gasteiger charge is -2.18. The van der Waals surface area contributed by atoms with Gasteiger partial charge in [0, 0.05) is 19.3 Å². The zero-order valence-electron chi connectivity index (χ0n) is 39.0. The average Bonchev–Trinajstić information content (AvgIpc) is 3.18. The van der Waals surface area contributed by atoms with Gasteiger partial charge in [-0.05, 0) is 31.1 Å². The summed E-state index contributed by atoms with van der Waals surface area (Å²) in [5.74, 6) is 0.712. The molecule has 1 atom stereocenters. The molecule has 6 heteroatoms. The highest BCUT2D eigenvalue weighted by atomic mass is 16.6. The molecule has 0 N–H and O–H groups in total. The first-order chi connectivity index (χ1) is 27.7. The van der Waals surface area contributed by atoms with Crippen LogP contribution in [-0.4, -0.2) is 37.2 Å². The molecule has 338 valence electrons. The zero-order valence-corrected chi connectivity index (χ0v) is 39.0. The zero-order chi connectivity index (χ0) is 41.9. The van der Waals surface area contributed by atoms with E-state index >= 15 is 0 Å². The van der Waals surface area contributed by atoms with Crippen LogP contribution in [0.3, 0.4) is 0 Å². The van der Waals surface area contributed by atoms with Crippen LogP contribution in [0.15, 0.2) is 0 Å². The number of rotatable bonds is 45. The van der Waals surface area contributed by atoms with Gasteiger partial charge in [0.1, 0.15) is 13.2 Å². The molecule has 0 bridgehead atoms. The van der Waals surface area contributed by atoms with Crippen LogP contribution < -0.4 is 0 Å². The second kappa shape index (κ2) is 44.0. The van der Waals surface area contributed by atoms with Gasteiger partial charge in [-0.25, -0.2) is 0 Å². The molecule has 0 aliphatic heterocycles. The van der Waals surface area contributed by atoms with Crippen LogP contribution in [0.25, 0.3) is 0 Å². The van der Waals surface area contributed by atoms with Gasteiger partial charge in [-0.1, -0.05) is 240 Å². The first-order valence-electron chi connectivity index (χ1n) is 25.2. The molecule has 0 aliphatic carbocycles. The van der Waals surface area contributed by atoms with Gasteiger partial charge in [0.25, 0.3) is 0 Å². The minimum atomic E-state index is -0.762. The first kappa shape index (κ1) is 55.4. The Labute approximate surface area is 355 Å². The van der Waals surface area contributed by atoms with Gasteiger partial charge in [0.2, 0.25) is 0 Å². The molecule has 57 heavy (non-hydrogen) atoms. The molecule has 0 saturated carbocycles. The maximum atomic E-state index is 12.7. The molecule has 0 spiro atoms. The minimum Gasteiger partial charge on any atom is -0.462 e. The quantitative estimate of drug-likeness (QED) is 0.0346. The Morgan fingerprint density at radius 1 is 0.333 bits per heavy atom. The molecule has 0 unspecified atom stereocenters. The number of hydrogen-bond acceptors (Lipinski definition) is 6. The second-order valence-electron chi connectivity index (χ2n) is 18.4. The van der Waals surface area contributed by atoms with Gasteiger partial charge in [-0.15, -0.1) is 0 Å². The van der Waals surface area contributed by atoms with Crippen molar-refractivity contribution in [1.82, 2.24) is 0 Å². The number of unbranched alkanes of at least 4 members (excludes halogenated alkanes) is 30. The largest absolute Gasteiger partial charge is 0.462 e. The summed E-state index contributed by atoms with van der Waals surface area (Å²) in [5.41, 5.74) is 0. The topological polar surface area (TPSA) is 78.9 Å². The van der Waals surface area contributed by atoms with Crippen molar-refractivity contribution in [3.8, 4) is 0 Å². The summed E-state index contributed by atoms with van der Waals surface area (Å²) in [6.07, 6.45) is 44.0. The molecule has 0 rings (SSSR count). The molecule has 0 saturated heterocycles. The Kier molecular flexibility index (Phi) is 42.7. The van der Waals surface area contributed by atoms with E-state index in [9.17, 15) is 14.4 Å². The maximum Gasteiger partial charge on any atom is 0.306 e. The van der Waals surface area contributed by atoms with Crippen LogP contribution in [0.1, 0.15) is 279 Å². The summed E-state index contributed by atoms with van der Waals surface area (Å²) < 4.78 is 16.8. The Hall–Kier alpha value is -1.59. The SMILES string of the molecule is CCCCCCCCCCCCCCCCCCCCC(=O)OC[C@@H](COC(=O)CCCCCCCCC(C)C)OC(=O)CCCCCCCCCCCC(C)C. The molecule has 0 aromatic heterocycles. The molecule has 0 aromatic carbocycles. The van der Waals surface area contributed by atoms with E-state index in [0.29, 0.717) is 19.3 Å². The smallest absolute Gasteiger partial charge is 0.306 e. The normalized spacial score (nSPS) is 12.1. The number of ether oxygens (including phenoxy) is 3. The molecule has 0 radical (unpaired) electrons. The summed E-state index contributed by atoms with van der Waals surface area (Å²) in [5, 5.41) is 0. The van der Waals surface area contributed by atoms with E-state index in [-0.39, 0.29) is 31.1 Å². The van der Waals surface area contributed by atoms with Crippen molar-refractivity contribution in [3.63, 3.8) is 0 Å². The van der Waals surface area contributed by atoms with E-state index in [1.165, 1.54) is 167 Å². The van der Waals surface area contributed by atoms with E-state index in [0.717, 1.165) is 69.6 Å². The molecular weight excluding hydrogens is 709 g/mol. The predicted molar refractivity (Wildman–Crippen MR) is 243 cm³/mol. The van der Waals surface area contributed by atoms with Gasteiger partial charge >= 0.3 is 17.9 Å². The average molecular weight is 807 g/mol. The van der Waals surface area contributed by atoms with E-state index in [4.69, 9.17) is 14.2 Å². The van der Waals surface area contributed by atoms with E-state index in [1.54, 1.807) is 0 Å². The predicted octanol–water partition coefficient (Wildman–Crippen LogP) is 16.1. The summed E-state index contributed by atoms with van der Waals surface area (Å²) in [4.78, 5) is 37.8. The molecule has 6 nitrogen and oxygen atoms in total. The van der Waals surface area contributed by atoms with Gasteiger partial charge < -0.3 is 14.2 Å². The van der Waals surface area contributed by atoms with E-state index in [1.807, 2.05) is 0 Å². The van der Waals surface area contributed by atoms with E-state index in [2.05, 4.69) is 34.6 Å². The molecule has 0 aromatic rings. The van der Waals surface area contributed by atoms with Crippen molar-refractivity contribution in [1.29, 1.82) is 0 Å². The van der Waals surface area contributed by atoms with E-state index < -0.39 is 6.10 Å². The number of carbonyl (C=O) groups excluding carboxylic acids is 3.